The summed E-state index contributed by atoms with van der Waals surface area (Å²) in [5, 5.41) is 5.43. The summed E-state index contributed by atoms with van der Waals surface area (Å²) in [7, 11) is 0. The van der Waals surface area contributed by atoms with Crippen LogP contribution in [0.3, 0.4) is 0 Å². The fraction of sp³-hybridized carbons (Fsp3) is 0.320. The van der Waals surface area contributed by atoms with E-state index in [0.29, 0.717) is 23.9 Å². The molecule has 0 bridgehead atoms. The Morgan fingerprint density at radius 2 is 1.81 bits per heavy atom. The Bertz CT molecular complexity index is 1230. The van der Waals surface area contributed by atoms with E-state index in [1.165, 1.54) is 23.0 Å². The highest BCUT2D eigenvalue weighted by molar-refractivity contribution is 6.21. The van der Waals surface area contributed by atoms with E-state index in [9.17, 15) is 0 Å². The van der Waals surface area contributed by atoms with E-state index in [1.54, 1.807) is 0 Å². The Labute approximate surface area is 188 Å². The van der Waals surface area contributed by atoms with Gasteiger partial charge in [-0.05, 0) is 54.5 Å². The molecule has 0 aliphatic carbocycles. The maximum absolute atomic E-state index is 6.94. The number of nitrogens with zero attached hydrogens (tertiary/aromatic N) is 4. The molecule has 160 valence electrons. The lowest BCUT2D eigenvalue weighted by atomic mass is 9.96. The first-order valence-electron chi connectivity index (χ1n) is 10.6. The second kappa shape index (κ2) is 8.67. The number of halogens is 1. The fourth-order valence-electron chi connectivity index (χ4n) is 3.96. The van der Waals surface area contributed by atoms with Crippen LogP contribution in [0.15, 0.2) is 48.8 Å². The van der Waals surface area contributed by atoms with Crippen molar-refractivity contribution in [1.82, 2.24) is 19.7 Å². The standard InChI is InChI=1S/C25H28ClN5/c1-15(2)11-18-7-5-6-8-20(18)21(26)13-31-25-22(24(27)28-14-29-25)23(30-31)19-10-9-16(3)17(4)12-19/h5-10,12,14-15,21H,11,13H2,1-4H3,(H2,27,28,29). The molecule has 2 N–H and O–H groups in total. The molecule has 0 fully saturated rings. The molecule has 31 heavy (non-hydrogen) atoms. The van der Waals surface area contributed by atoms with Crippen molar-refractivity contribution in [1.29, 1.82) is 0 Å². The molecule has 0 radical (unpaired) electrons. The Hall–Kier alpha value is -2.92. The molecule has 0 saturated heterocycles. The molecule has 6 heteroatoms. The third-order valence-corrected chi connectivity index (χ3v) is 6.07. The highest BCUT2D eigenvalue weighted by Crippen LogP contribution is 2.33. The molecule has 0 saturated carbocycles. The number of alkyl halides is 1. The molecule has 2 heterocycles. The average molecular weight is 434 g/mol. The van der Waals surface area contributed by atoms with Crippen LogP contribution in [0.5, 0.6) is 0 Å². The zero-order chi connectivity index (χ0) is 22.1. The van der Waals surface area contributed by atoms with Crippen molar-refractivity contribution < 1.29 is 0 Å². The minimum atomic E-state index is -0.234. The van der Waals surface area contributed by atoms with Crippen LogP contribution in [0, 0.1) is 19.8 Å². The van der Waals surface area contributed by atoms with Crippen molar-refractivity contribution >= 4 is 28.5 Å². The van der Waals surface area contributed by atoms with Crippen molar-refractivity contribution in [3.05, 3.63) is 71.0 Å². The summed E-state index contributed by atoms with van der Waals surface area (Å²) in [6.45, 7) is 9.12. The van der Waals surface area contributed by atoms with Crippen LogP contribution in [0.4, 0.5) is 5.82 Å². The van der Waals surface area contributed by atoms with Crippen LogP contribution < -0.4 is 5.73 Å². The zero-order valence-corrected chi connectivity index (χ0v) is 19.2. The van der Waals surface area contributed by atoms with Gasteiger partial charge in [0.1, 0.15) is 17.8 Å². The summed E-state index contributed by atoms with van der Waals surface area (Å²) < 4.78 is 1.86. The van der Waals surface area contributed by atoms with Gasteiger partial charge in [-0.3, -0.25) is 0 Å². The van der Waals surface area contributed by atoms with Crippen LogP contribution in [-0.4, -0.2) is 19.7 Å². The molecular weight excluding hydrogens is 406 g/mol. The molecule has 1 unspecified atom stereocenters. The monoisotopic (exact) mass is 433 g/mol. The largest absolute Gasteiger partial charge is 0.383 e. The lowest BCUT2D eigenvalue weighted by Crippen LogP contribution is -2.10. The second-order valence-corrected chi connectivity index (χ2v) is 9.08. The van der Waals surface area contributed by atoms with E-state index in [-0.39, 0.29) is 5.38 Å². The van der Waals surface area contributed by atoms with Gasteiger partial charge in [0.15, 0.2) is 5.65 Å². The van der Waals surface area contributed by atoms with E-state index in [0.717, 1.165) is 28.6 Å². The lowest BCUT2D eigenvalue weighted by Gasteiger charge is -2.16. The zero-order valence-electron chi connectivity index (χ0n) is 18.4. The average Bonchev–Trinajstić information content (AvgIpc) is 3.10. The molecule has 1 atom stereocenters. The Morgan fingerprint density at radius 1 is 1.03 bits per heavy atom. The molecule has 4 aromatic rings. The number of nitrogens with two attached hydrogens (primary N) is 1. The molecule has 4 rings (SSSR count). The van der Waals surface area contributed by atoms with Crippen LogP contribution in [0.2, 0.25) is 0 Å². The van der Waals surface area contributed by atoms with E-state index in [1.807, 2.05) is 10.7 Å². The number of rotatable bonds is 6. The highest BCUT2D eigenvalue weighted by Gasteiger charge is 2.21. The number of anilines is 1. The number of hydrogen-bond donors (Lipinski definition) is 1. The molecule has 0 aliphatic rings. The lowest BCUT2D eigenvalue weighted by molar-refractivity contribution is 0.603. The van der Waals surface area contributed by atoms with Gasteiger partial charge in [0.05, 0.1) is 17.3 Å². The number of fused-ring (bicyclic) bond motifs is 1. The minimum absolute atomic E-state index is 0.234. The van der Waals surface area contributed by atoms with Gasteiger partial charge < -0.3 is 5.73 Å². The third kappa shape index (κ3) is 4.28. The topological polar surface area (TPSA) is 69.6 Å². The van der Waals surface area contributed by atoms with Gasteiger partial charge >= 0.3 is 0 Å². The second-order valence-electron chi connectivity index (χ2n) is 8.55. The van der Waals surface area contributed by atoms with Gasteiger partial charge in [0.2, 0.25) is 0 Å². The molecule has 5 nitrogen and oxygen atoms in total. The number of benzene rings is 2. The minimum Gasteiger partial charge on any atom is -0.383 e. The van der Waals surface area contributed by atoms with Gasteiger partial charge in [-0.2, -0.15) is 5.10 Å². The summed E-state index contributed by atoms with van der Waals surface area (Å²) in [4.78, 5) is 8.71. The number of aromatic nitrogens is 4. The predicted molar refractivity (Wildman–Crippen MR) is 128 cm³/mol. The van der Waals surface area contributed by atoms with Crippen molar-refractivity contribution in [2.75, 3.05) is 5.73 Å². The maximum Gasteiger partial charge on any atom is 0.164 e. The fourth-order valence-corrected chi connectivity index (χ4v) is 4.31. The summed E-state index contributed by atoms with van der Waals surface area (Å²) in [6, 6.07) is 14.7. The van der Waals surface area contributed by atoms with Gasteiger partial charge in [0, 0.05) is 5.56 Å². The highest BCUT2D eigenvalue weighted by atomic mass is 35.5. The molecular formula is C25H28ClN5. The van der Waals surface area contributed by atoms with Crippen LogP contribution >= 0.6 is 11.6 Å². The third-order valence-electron chi connectivity index (χ3n) is 5.69. The van der Waals surface area contributed by atoms with Gasteiger partial charge in [0.25, 0.3) is 0 Å². The van der Waals surface area contributed by atoms with Crippen molar-refractivity contribution in [2.45, 2.75) is 46.0 Å². The molecule has 0 spiro atoms. The Morgan fingerprint density at radius 3 is 2.55 bits per heavy atom. The number of aryl methyl sites for hydroxylation is 2. The van der Waals surface area contributed by atoms with E-state index in [2.05, 4.69) is 74.1 Å². The molecule has 0 aliphatic heterocycles. The molecule has 2 aromatic heterocycles. The van der Waals surface area contributed by atoms with Gasteiger partial charge in [-0.1, -0.05) is 50.2 Å². The first kappa shape index (κ1) is 21.3. The van der Waals surface area contributed by atoms with Crippen molar-refractivity contribution in [2.24, 2.45) is 5.92 Å². The Balaban J connectivity index is 1.77. The Kier molecular flexibility index (Phi) is 5.96. The van der Waals surface area contributed by atoms with Crippen molar-refractivity contribution in [3.63, 3.8) is 0 Å². The predicted octanol–water partition coefficient (Wildman–Crippen LogP) is 5.87. The molecule has 0 amide bonds. The quantitative estimate of drug-likeness (QED) is 0.386. The van der Waals surface area contributed by atoms with E-state index < -0.39 is 0 Å². The van der Waals surface area contributed by atoms with E-state index in [4.69, 9.17) is 22.4 Å². The SMILES string of the molecule is Cc1ccc(-c2nn(CC(Cl)c3ccccc3CC(C)C)c3ncnc(N)c23)cc1C. The summed E-state index contributed by atoms with van der Waals surface area (Å²) >= 11 is 6.94. The van der Waals surface area contributed by atoms with Crippen LogP contribution in [0.25, 0.3) is 22.3 Å². The van der Waals surface area contributed by atoms with Gasteiger partial charge in [-0.25, -0.2) is 14.6 Å². The summed E-state index contributed by atoms with van der Waals surface area (Å²) in [5.74, 6) is 0.982. The first-order valence-corrected chi connectivity index (χ1v) is 11.0. The van der Waals surface area contributed by atoms with E-state index >= 15 is 0 Å². The molecule has 2 aromatic carbocycles. The van der Waals surface area contributed by atoms with Crippen LogP contribution in [0.1, 0.15) is 41.5 Å². The first-order chi connectivity index (χ1) is 14.8. The number of hydrogen-bond acceptors (Lipinski definition) is 4. The van der Waals surface area contributed by atoms with Gasteiger partial charge in [-0.15, -0.1) is 11.6 Å². The summed E-state index contributed by atoms with van der Waals surface area (Å²) in [5.41, 5.74) is 13.6. The smallest absolute Gasteiger partial charge is 0.164 e. The maximum atomic E-state index is 6.94. The normalized spacial score (nSPS) is 12.6. The summed E-state index contributed by atoms with van der Waals surface area (Å²) in [6.07, 6.45) is 2.47. The van der Waals surface area contributed by atoms with Crippen molar-refractivity contribution in [3.8, 4) is 11.3 Å². The van der Waals surface area contributed by atoms with Crippen LogP contribution in [-0.2, 0) is 13.0 Å². The number of nitrogen functional groups attached to an aromatic ring is 1.